The zero-order chi connectivity index (χ0) is 13.0. The minimum absolute atomic E-state index is 0.0514. The van der Waals surface area contributed by atoms with Crippen LogP contribution in [0.25, 0.3) is 0 Å². The van der Waals surface area contributed by atoms with E-state index >= 15 is 0 Å². The molecule has 1 saturated heterocycles. The molecular weight excluding hydrogens is 316 g/mol. The molecule has 0 bridgehead atoms. The highest BCUT2D eigenvalue weighted by Crippen LogP contribution is 2.21. The standard InChI is InChI=1S/C13H16BrClN2O/c14-12-7-10(15)1-2-11(12)13(18)17-6-4-9-3-5-16-8-9/h1-2,7,9,16H,3-6,8H2,(H,17,18). The summed E-state index contributed by atoms with van der Waals surface area (Å²) in [6, 6.07) is 5.19. The Morgan fingerprint density at radius 3 is 3.06 bits per heavy atom. The molecule has 1 aliphatic rings. The molecule has 0 saturated carbocycles. The summed E-state index contributed by atoms with van der Waals surface area (Å²) in [6.45, 7) is 2.89. The highest BCUT2D eigenvalue weighted by atomic mass is 79.9. The smallest absolute Gasteiger partial charge is 0.252 e. The van der Waals surface area contributed by atoms with Crippen molar-refractivity contribution < 1.29 is 4.79 Å². The second-order valence-electron chi connectivity index (χ2n) is 4.53. The van der Waals surface area contributed by atoms with Crippen LogP contribution in [0.2, 0.25) is 5.02 Å². The molecule has 1 fully saturated rings. The lowest BCUT2D eigenvalue weighted by molar-refractivity contribution is 0.0951. The first-order valence-electron chi connectivity index (χ1n) is 6.11. The van der Waals surface area contributed by atoms with Gasteiger partial charge >= 0.3 is 0 Å². The molecule has 1 aromatic carbocycles. The Morgan fingerprint density at radius 1 is 1.56 bits per heavy atom. The van der Waals surface area contributed by atoms with Crippen molar-refractivity contribution in [2.24, 2.45) is 5.92 Å². The lowest BCUT2D eigenvalue weighted by atomic mass is 10.1. The highest BCUT2D eigenvalue weighted by Gasteiger charge is 2.15. The van der Waals surface area contributed by atoms with Crippen molar-refractivity contribution >= 4 is 33.4 Å². The van der Waals surface area contributed by atoms with E-state index in [0.717, 1.165) is 30.5 Å². The number of hydrogen-bond donors (Lipinski definition) is 2. The Morgan fingerprint density at radius 2 is 2.39 bits per heavy atom. The molecule has 1 unspecified atom stereocenters. The molecule has 0 spiro atoms. The van der Waals surface area contributed by atoms with Crippen LogP contribution in [0, 0.1) is 5.92 Å². The number of carbonyl (C=O) groups is 1. The summed E-state index contributed by atoms with van der Waals surface area (Å²) < 4.78 is 0.732. The van der Waals surface area contributed by atoms with Crippen LogP contribution >= 0.6 is 27.5 Å². The fourth-order valence-electron chi connectivity index (χ4n) is 2.12. The maximum absolute atomic E-state index is 12.0. The van der Waals surface area contributed by atoms with E-state index in [0.29, 0.717) is 16.5 Å². The van der Waals surface area contributed by atoms with Gasteiger partial charge in [-0.25, -0.2) is 0 Å². The molecule has 1 atom stereocenters. The Bertz CT molecular complexity index is 433. The number of nitrogens with one attached hydrogen (secondary N) is 2. The van der Waals surface area contributed by atoms with Gasteiger partial charge < -0.3 is 10.6 Å². The van der Waals surface area contributed by atoms with Gasteiger partial charge in [0, 0.05) is 16.0 Å². The number of amides is 1. The number of rotatable bonds is 4. The van der Waals surface area contributed by atoms with E-state index in [1.807, 2.05) is 0 Å². The van der Waals surface area contributed by atoms with E-state index in [1.54, 1.807) is 18.2 Å². The number of benzene rings is 1. The van der Waals surface area contributed by atoms with E-state index in [-0.39, 0.29) is 5.91 Å². The first kappa shape index (κ1) is 13.8. The zero-order valence-electron chi connectivity index (χ0n) is 10.0. The monoisotopic (exact) mass is 330 g/mol. The van der Waals surface area contributed by atoms with Crippen LogP contribution in [0.4, 0.5) is 0 Å². The summed E-state index contributed by atoms with van der Waals surface area (Å²) >= 11 is 9.19. The second kappa shape index (κ2) is 6.55. The molecule has 0 radical (unpaired) electrons. The van der Waals surface area contributed by atoms with Crippen molar-refractivity contribution in [3.63, 3.8) is 0 Å². The predicted molar refractivity (Wildman–Crippen MR) is 77.1 cm³/mol. The normalized spacial score (nSPS) is 18.9. The van der Waals surface area contributed by atoms with Gasteiger partial charge in [0.1, 0.15) is 0 Å². The van der Waals surface area contributed by atoms with E-state index < -0.39 is 0 Å². The molecule has 2 rings (SSSR count). The molecule has 0 aromatic heterocycles. The van der Waals surface area contributed by atoms with Gasteiger partial charge in [-0.15, -0.1) is 0 Å². The summed E-state index contributed by atoms with van der Waals surface area (Å²) in [5.41, 5.74) is 0.629. The third-order valence-electron chi connectivity index (χ3n) is 3.18. The first-order valence-corrected chi connectivity index (χ1v) is 7.28. The minimum Gasteiger partial charge on any atom is -0.352 e. The molecule has 0 aliphatic carbocycles. The van der Waals surface area contributed by atoms with Gasteiger partial charge in [-0.2, -0.15) is 0 Å². The molecule has 1 aromatic rings. The van der Waals surface area contributed by atoms with Gasteiger partial charge in [-0.05, 0) is 66.0 Å². The molecule has 1 heterocycles. The summed E-state index contributed by atoms with van der Waals surface area (Å²) in [4.78, 5) is 12.0. The van der Waals surface area contributed by atoms with Gasteiger partial charge in [-0.3, -0.25) is 4.79 Å². The van der Waals surface area contributed by atoms with Gasteiger partial charge in [0.15, 0.2) is 0 Å². The van der Waals surface area contributed by atoms with Gasteiger partial charge in [0.25, 0.3) is 5.91 Å². The molecule has 98 valence electrons. The third kappa shape index (κ3) is 3.70. The van der Waals surface area contributed by atoms with E-state index in [2.05, 4.69) is 26.6 Å². The average molecular weight is 332 g/mol. The van der Waals surface area contributed by atoms with Crippen LogP contribution in [0.1, 0.15) is 23.2 Å². The first-order chi connectivity index (χ1) is 8.66. The molecule has 1 amide bonds. The van der Waals surface area contributed by atoms with E-state index in [9.17, 15) is 4.79 Å². The quantitative estimate of drug-likeness (QED) is 0.891. The van der Waals surface area contributed by atoms with Crippen molar-refractivity contribution in [1.29, 1.82) is 0 Å². The topological polar surface area (TPSA) is 41.1 Å². The molecule has 3 nitrogen and oxygen atoms in total. The Labute approximate surface area is 120 Å². The van der Waals surface area contributed by atoms with E-state index in [4.69, 9.17) is 11.6 Å². The Balaban J connectivity index is 1.83. The largest absolute Gasteiger partial charge is 0.352 e. The highest BCUT2D eigenvalue weighted by molar-refractivity contribution is 9.10. The van der Waals surface area contributed by atoms with Crippen molar-refractivity contribution in [3.8, 4) is 0 Å². The van der Waals surface area contributed by atoms with Crippen LogP contribution < -0.4 is 10.6 Å². The zero-order valence-corrected chi connectivity index (χ0v) is 12.4. The molecule has 5 heteroatoms. The molecule has 2 N–H and O–H groups in total. The molecule has 1 aliphatic heterocycles. The van der Waals surface area contributed by atoms with Crippen LogP contribution in [0.3, 0.4) is 0 Å². The molecule has 18 heavy (non-hydrogen) atoms. The average Bonchev–Trinajstić information content (AvgIpc) is 2.81. The summed E-state index contributed by atoms with van der Waals surface area (Å²) in [5, 5.41) is 6.89. The van der Waals surface area contributed by atoms with Crippen molar-refractivity contribution in [2.45, 2.75) is 12.8 Å². The Hall–Kier alpha value is -0.580. The van der Waals surface area contributed by atoms with Gasteiger partial charge in [-0.1, -0.05) is 11.6 Å². The summed E-state index contributed by atoms with van der Waals surface area (Å²) in [6.07, 6.45) is 2.24. The van der Waals surface area contributed by atoms with Crippen molar-refractivity contribution in [3.05, 3.63) is 33.3 Å². The molecular formula is C13H16BrClN2O. The summed E-state index contributed by atoms with van der Waals surface area (Å²) in [7, 11) is 0. The fraction of sp³-hybridized carbons (Fsp3) is 0.462. The van der Waals surface area contributed by atoms with Crippen LogP contribution in [-0.2, 0) is 0 Å². The van der Waals surface area contributed by atoms with Crippen molar-refractivity contribution in [1.82, 2.24) is 10.6 Å². The predicted octanol–water partition coefficient (Wildman–Crippen LogP) is 2.83. The lowest BCUT2D eigenvalue weighted by Gasteiger charge is -2.10. The van der Waals surface area contributed by atoms with Gasteiger partial charge in [0.2, 0.25) is 0 Å². The SMILES string of the molecule is O=C(NCCC1CCNC1)c1ccc(Cl)cc1Br. The van der Waals surface area contributed by atoms with Gasteiger partial charge in [0.05, 0.1) is 5.56 Å². The fourth-order valence-corrected chi connectivity index (χ4v) is 2.98. The maximum Gasteiger partial charge on any atom is 0.252 e. The maximum atomic E-state index is 12.0. The van der Waals surface area contributed by atoms with Crippen LogP contribution in [0.15, 0.2) is 22.7 Å². The minimum atomic E-state index is -0.0514. The summed E-state index contributed by atoms with van der Waals surface area (Å²) in [5.74, 6) is 0.642. The number of carbonyl (C=O) groups excluding carboxylic acids is 1. The number of halogens is 2. The second-order valence-corrected chi connectivity index (χ2v) is 5.82. The number of hydrogen-bond acceptors (Lipinski definition) is 2. The van der Waals surface area contributed by atoms with Crippen molar-refractivity contribution in [2.75, 3.05) is 19.6 Å². The van der Waals surface area contributed by atoms with Crippen LogP contribution in [0.5, 0.6) is 0 Å². The van der Waals surface area contributed by atoms with E-state index in [1.165, 1.54) is 6.42 Å². The lowest BCUT2D eigenvalue weighted by Crippen LogP contribution is -2.26. The Kier molecular flexibility index (Phi) is 5.03. The third-order valence-corrected chi connectivity index (χ3v) is 4.07. The van der Waals surface area contributed by atoms with Crippen LogP contribution in [-0.4, -0.2) is 25.5 Å².